The minimum Gasteiger partial charge on any atom is -0.497 e. The number of nitrogens with zero attached hydrogens (tertiary/aromatic N) is 2. The number of ether oxygens (including phenoxy) is 1. The lowest BCUT2D eigenvalue weighted by Crippen LogP contribution is -1.84. The van der Waals surface area contributed by atoms with Gasteiger partial charge in [0.2, 0.25) is 0 Å². The number of benzene rings is 2. The second-order valence-corrected chi connectivity index (χ2v) is 3.71. The summed E-state index contributed by atoms with van der Waals surface area (Å²) in [5, 5.41) is 0. The Kier molecular flexibility index (Phi) is 3.86. The standard InChI is InChI=1S/C15H14N2O/c1-16-13-5-7-14(8-6-13)17-11-12-3-9-15(18-2)10-4-12/h3-11H,1H2,2H3. The van der Waals surface area contributed by atoms with Crippen molar-refractivity contribution >= 4 is 24.3 Å². The van der Waals surface area contributed by atoms with Crippen LogP contribution in [-0.4, -0.2) is 20.0 Å². The van der Waals surface area contributed by atoms with E-state index < -0.39 is 0 Å². The van der Waals surface area contributed by atoms with Gasteiger partial charge in [0.25, 0.3) is 0 Å². The van der Waals surface area contributed by atoms with Crippen LogP contribution in [0.3, 0.4) is 0 Å². The van der Waals surface area contributed by atoms with Gasteiger partial charge in [0, 0.05) is 6.21 Å². The Balaban J connectivity index is 2.10. The van der Waals surface area contributed by atoms with Crippen LogP contribution < -0.4 is 4.74 Å². The third-order valence-corrected chi connectivity index (χ3v) is 2.51. The second kappa shape index (κ2) is 5.77. The molecule has 0 amide bonds. The highest BCUT2D eigenvalue weighted by Gasteiger charge is 1.92. The zero-order valence-electron chi connectivity index (χ0n) is 10.2. The van der Waals surface area contributed by atoms with E-state index in [9.17, 15) is 0 Å². The molecule has 0 spiro atoms. The number of methoxy groups -OCH3 is 1. The summed E-state index contributed by atoms with van der Waals surface area (Å²) in [6, 6.07) is 15.3. The van der Waals surface area contributed by atoms with Crippen LogP contribution in [0.25, 0.3) is 0 Å². The Morgan fingerprint density at radius 1 is 0.944 bits per heavy atom. The second-order valence-electron chi connectivity index (χ2n) is 3.71. The zero-order chi connectivity index (χ0) is 12.8. The van der Waals surface area contributed by atoms with Gasteiger partial charge >= 0.3 is 0 Å². The molecule has 0 aliphatic rings. The summed E-state index contributed by atoms with van der Waals surface area (Å²) < 4.78 is 5.10. The topological polar surface area (TPSA) is 34.0 Å². The first-order valence-corrected chi connectivity index (χ1v) is 5.57. The molecule has 0 fully saturated rings. The van der Waals surface area contributed by atoms with E-state index in [1.807, 2.05) is 54.7 Å². The van der Waals surface area contributed by atoms with Crippen LogP contribution >= 0.6 is 0 Å². The van der Waals surface area contributed by atoms with Crippen molar-refractivity contribution in [2.45, 2.75) is 0 Å². The highest BCUT2D eigenvalue weighted by Crippen LogP contribution is 2.18. The molecule has 90 valence electrons. The Labute approximate surface area is 106 Å². The zero-order valence-corrected chi connectivity index (χ0v) is 10.2. The Hall–Kier alpha value is -2.42. The fourth-order valence-electron chi connectivity index (χ4n) is 1.48. The van der Waals surface area contributed by atoms with Gasteiger partial charge in [-0.1, -0.05) is 0 Å². The van der Waals surface area contributed by atoms with Crippen molar-refractivity contribution in [3.05, 3.63) is 54.1 Å². The molecule has 0 heterocycles. The minimum atomic E-state index is 0.841. The van der Waals surface area contributed by atoms with E-state index in [-0.39, 0.29) is 0 Å². The summed E-state index contributed by atoms with van der Waals surface area (Å²) >= 11 is 0. The van der Waals surface area contributed by atoms with Gasteiger partial charge in [-0.15, -0.1) is 0 Å². The predicted molar refractivity (Wildman–Crippen MR) is 75.9 cm³/mol. The molecule has 0 radical (unpaired) electrons. The molecule has 2 aromatic carbocycles. The molecule has 3 nitrogen and oxygen atoms in total. The number of rotatable bonds is 4. The van der Waals surface area contributed by atoms with Gasteiger partial charge in [0.1, 0.15) is 5.75 Å². The maximum absolute atomic E-state index is 5.10. The van der Waals surface area contributed by atoms with Crippen LogP contribution in [0.4, 0.5) is 11.4 Å². The molecule has 0 saturated carbocycles. The fourth-order valence-corrected chi connectivity index (χ4v) is 1.48. The molecule has 0 atom stereocenters. The third kappa shape index (κ3) is 3.04. The van der Waals surface area contributed by atoms with Gasteiger partial charge in [0.15, 0.2) is 0 Å². The number of aliphatic imine (C=N–C) groups is 2. The van der Waals surface area contributed by atoms with Crippen LogP contribution in [0.5, 0.6) is 5.75 Å². The molecule has 0 aliphatic carbocycles. The quantitative estimate of drug-likeness (QED) is 0.746. The SMILES string of the molecule is C=Nc1ccc(N=Cc2ccc(OC)cc2)cc1. The predicted octanol–water partition coefficient (Wildman–Crippen LogP) is 3.78. The average molecular weight is 238 g/mol. The highest BCUT2D eigenvalue weighted by atomic mass is 16.5. The Bertz CT molecular complexity index is 542. The molecule has 2 rings (SSSR count). The fraction of sp³-hybridized carbons (Fsp3) is 0.0667. The Morgan fingerprint density at radius 3 is 2.11 bits per heavy atom. The van der Waals surface area contributed by atoms with Gasteiger partial charge in [-0.3, -0.25) is 9.98 Å². The largest absolute Gasteiger partial charge is 0.497 e. The summed E-state index contributed by atoms with van der Waals surface area (Å²) in [5.41, 5.74) is 2.76. The van der Waals surface area contributed by atoms with Gasteiger partial charge in [0.05, 0.1) is 18.5 Å². The van der Waals surface area contributed by atoms with E-state index in [1.165, 1.54) is 0 Å². The van der Waals surface area contributed by atoms with Crippen molar-refractivity contribution in [3.8, 4) is 5.75 Å². The maximum atomic E-state index is 5.10. The lowest BCUT2D eigenvalue weighted by atomic mass is 10.2. The first kappa shape index (κ1) is 12.0. The number of hydrogen-bond donors (Lipinski definition) is 0. The van der Waals surface area contributed by atoms with Crippen molar-refractivity contribution in [2.75, 3.05) is 7.11 Å². The highest BCUT2D eigenvalue weighted by molar-refractivity contribution is 5.82. The van der Waals surface area contributed by atoms with E-state index in [4.69, 9.17) is 4.74 Å². The summed E-state index contributed by atoms with van der Waals surface area (Å²) in [6.45, 7) is 3.47. The van der Waals surface area contributed by atoms with Gasteiger partial charge in [-0.2, -0.15) is 0 Å². The lowest BCUT2D eigenvalue weighted by Gasteiger charge is -1.99. The van der Waals surface area contributed by atoms with Crippen molar-refractivity contribution in [2.24, 2.45) is 9.98 Å². The molecule has 0 aromatic heterocycles. The summed E-state index contributed by atoms with van der Waals surface area (Å²) in [6.07, 6.45) is 1.82. The first-order valence-electron chi connectivity index (χ1n) is 5.57. The number of hydrogen-bond acceptors (Lipinski definition) is 3. The molecule has 3 heteroatoms. The Morgan fingerprint density at radius 2 is 1.56 bits per heavy atom. The van der Waals surface area contributed by atoms with Crippen LogP contribution in [0.2, 0.25) is 0 Å². The van der Waals surface area contributed by atoms with Crippen molar-refractivity contribution in [3.63, 3.8) is 0 Å². The van der Waals surface area contributed by atoms with E-state index >= 15 is 0 Å². The molecular weight excluding hydrogens is 224 g/mol. The van der Waals surface area contributed by atoms with Gasteiger partial charge < -0.3 is 4.74 Å². The molecule has 2 aromatic rings. The minimum absolute atomic E-state index is 0.841. The molecule has 0 bridgehead atoms. The molecule has 0 aliphatic heterocycles. The average Bonchev–Trinajstić information content (AvgIpc) is 2.46. The monoisotopic (exact) mass is 238 g/mol. The summed E-state index contributed by atoms with van der Waals surface area (Å²) in [5.74, 6) is 0.841. The molecule has 0 unspecified atom stereocenters. The molecule has 18 heavy (non-hydrogen) atoms. The van der Waals surface area contributed by atoms with Crippen LogP contribution in [0, 0.1) is 0 Å². The summed E-state index contributed by atoms with van der Waals surface area (Å²) in [4.78, 5) is 8.21. The third-order valence-electron chi connectivity index (χ3n) is 2.51. The smallest absolute Gasteiger partial charge is 0.118 e. The normalized spacial score (nSPS) is 10.5. The van der Waals surface area contributed by atoms with E-state index in [1.54, 1.807) is 7.11 Å². The lowest BCUT2D eigenvalue weighted by molar-refractivity contribution is 0.415. The molecule has 0 saturated heterocycles. The molecular formula is C15H14N2O. The van der Waals surface area contributed by atoms with Crippen LogP contribution in [-0.2, 0) is 0 Å². The van der Waals surface area contributed by atoms with Crippen LogP contribution in [0.1, 0.15) is 5.56 Å². The summed E-state index contributed by atoms with van der Waals surface area (Å²) in [7, 11) is 1.65. The van der Waals surface area contributed by atoms with Crippen molar-refractivity contribution in [1.82, 2.24) is 0 Å². The van der Waals surface area contributed by atoms with Crippen molar-refractivity contribution < 1.29 is 4.74 Å². The van der Waals surface area contributed by atoms with E-state index in [0.717, 1.165) is 22.7 Å². The van der Waals surface area contributed by atoms with Crippen molar-refractivity contribution in [1.29, 1.82) is 0 Å². The van der Waals surface area contributed by atoms with E-state index in [2.05, 4.69) is 16.7 Å². The van der Waals surface area contributed by atoms with Gasteiger partial charge in [-0.25, -0.2) is 0 Å². The maximum Gasteiger partial charge on any atom is 0.118 e. The molecule has 0 N–H and O–H groups in total. The first-order chi connectivity index (χ1) is 8.81. The van der Waals surface area contributed by atoms with E-state index in [0.29, 0.717) is 0 Å². The van der Waals surface area contributed by atoms with Crippen LogP contribution in [0.15, 0.2) is 58.5 Å². The van der Waals surface area contributed by atoms with Gasteiger partial charge in [-0.05, 0) is 60.8 Å².